The largest absolute Gasteiger partial charge is 0.463 e. The van der Waals surface area contributed by atoms with Crippen molar-refractivity contribution in [3.05, 3.63) is 0 Å². The molecule has 0 spiro atoms. The van der Waals surface area contributed by atoms with Crippen molar-refractivity contribution >= 4 is 57.1 Å². The summed E-state index contributed by atoms with van der Waals surface area (Å²) in [6.45, 7) is 3.26. The Kier molecular flexibility index (Phi) is 9.13. The van der Waals surface area contributed by atoms with Crippen LogP contribution in [0.5, 0.6) is 0 Å². The van der Waals surface area contributed by atoms with E-state index in [4.69, 9.17) is 23.7 Å². The maximum atomic E-state index is 11.0. The first-order valence-corrected chi connectivity index (χ1v) is 10.9. The number of hydrogen-bond donors (Lipinski definition) is 0. The van der Waals surface area contributed by atoms with Crippen molar-refractivity contribution in [2.24, 2.45) is 0 Å². The SMILES string of the molecule is CC(=O)OC[C@H]1CC[C@@H](I)[C@H](O[C@H]2O[C@H](COC(C)=O)CC[C@@H]2I)O1. The zero-order valence-electron chi connectivity index (χ0n) is 14.3. The number of rotatable bonds is 6. The van der Waals surface area contributed by atoms with Crippen molar-refractivity contribution in [3.63, 3.8) is 0 Å². The van der Waals surface area contributed by atoms with Crippen LogP contribution in [-0.4, -0.2) is 57.8 Å². The molecule has 0 aromatic rings. The normalized spacial score (nSPS) is 35.8. The van der Waals surface area contributed by atoms with Crippen LogP contribution in [0.15, 0.2) is 0 Å². The monoisotopic (exact) mass is 582 g/mol. The van der Waals surface area contributed by atoms with Crippen LogP contribution in [0, 0.1) is 0 Å². The van der Waals surface area contributed by atoms with Crippen molar-refractivity contribution in [3.8, 4) is 0 Å². The second-order valence-corrected chi connectivity index (χ2v) is 9.38. The highest BCUT2D eigenvalue weighted by atomic mass is 127. The molecule has 2 aliphatic rings. The summed E-state index contributed by atoms with van der Waals surface area (Å²) in [5.74, 6) is -0.622. The molecule has 2 aliphatic heterocycles. The van der Waals surface area contributed by atoms with Crippen LogP contribution < -0.4 is 0 Å². The zero-order chi connectivity index (χ0) is 18.4. The summed E-state index contributed by atoms with van der Waals surface area (Å²) >= 11 is 4.64. The van der Waals surface area contributed by atoms with Gasteiger partial charge in [0.2, 0.25) is 0 Å². The van der Waals surface area contributed by atoms with Gasteiger partial charge in [0.25, 0.3) is 0 Å². The fourth-order valence-electron chi connectivity index (χ4n) is 2.68. The van der Waals surface area contributed by atoms with Gasteiger partial charge < -0.3 is 23.7 Å². The molecule has 144 valence electrons. The summed E-state index contributed by atoms with van der Waals surface area (Å²) in [5, 5.41) is 0. The minimum absolute atomic E-state index is 0.159. The van der Waals surface area contributed by atoms with Gasteiger partial charge in [-0.3, -0.25) is 9.59 Å². The standard InChI is InChI=1S/C16H24I2O7/c1-9(19)21-7-11-3-5-13(17)15(23-11)25-16-14(18)6-4-12(24-16)8-22-10(2)20/h11-16H,3-8H2,1-2H3/t11-,12+,13-,14+,15+,16-. The van der Waals surface area contributed by atoms with Crippen LogP contribution in [0.1, 0.15) is 39.5 Å². The third-order valence-electron chi connectivity index (χ3n) is 3.99. The molecule has 2 heterocycles. The van der Waals surface area contributed by atoms with E-state index in [0.717, 1.165) is 25.7 Å². The molecule has 0 saturated carbocycles. The van der Waals surface area contributed by atoms with E-state index < -0.39 is 12.6 Å². The molecule has 25 heavy (non-hydrogen) atoms. The smallest absolute Gasteiger partial charge is 0.302 e. The molecule has 0 aliphatic carbocycles. The first-order valence-electron chi connectivity index (χ1n) is 8.36. The molecule has 0 unspecified atom stereocenters. The zero-order valence-corrected chi connectivity index (χ0v) is 18.6. The van der Waals surface area contributed by atoms with Gasteiger partial charge in [-0.1, -0.05) is 45.2 Å². The molecular formula is C16H24I2O7. The van der Waals surface area contributed by atoms with Crippen molar-refractivity contribution in [1.29, 1.82) is 0 Å². The lowest BCUT2D eigenvalue weighted by atomic mass is 10.1. The Morgan fingerprint density at radius 1 is 0.840 bits per heavy atom. The van der Waals surface area contributed by atoms with Gasteiger partial charge in [0.05, 0.1) is 20.1 Å². The van der Waals surface area contributed by atoms with Gasteiger partial charge >= 0.3 is 11.9 Å². The Labute approximate surface area is 175 Å². The summed E-state index contributed by atoms with van der Waals surface area (Å²) in [5.41, 5.74) is 0. The topological polar surface area (TPSA) is 80.3 Å². The van der Waals surface area contributed by atoms with Crippen LogP contribution in [0.25, 0.3) is 0 Å². The van der Waals surface area contributed by atoms with Crippen LogP contribution >= 0.6 is 45.2 Å². The fourth-order valence-corrected chi connectivity index (χ4v) is 4.08. The summed E-state index contributed by atoms with van der Waals surface area (Å²) < 4.78 is 28.5. The van der Waals surface area contributed by atoms with E-state index in [1.54, 1.807) is 0 Å². The number of alkyl halides is 2. The highest BCUT2D eigenvalue weighted by Crippen LogP contribution is 2.32. The Hall–Kier alpha value is 0.280. The third-order valence-corrected chi connectivity index (χ3v) is 6.41. The van der Waals surface area contributed by atoms with E-state index in [0.29, 0.717) is 0 Å². The summed E-state index contributed by atoms with van der Waals surface area (Å²) in [7, 11) is 0. The number of hydrogen-bond acceptors (Lipinski definition) is 7. The molecule has 2 fully saturated rings. The van der Waals surface area contributed by atoms with E-state index >= 15 is 0 Å². The van der Waals surface area contributed by atoms with Crippen LogP contribution in [0.3, 0.4) is 0 Å². The number of esters is 2. The molecule has 9 heteroatoms. The number of halogens is 2. The Balaban J connectivity index is 1.86. The van der Waals surface area contributed by atoms with E-state index in [1.807, 2.05) is 0 Å². The van der Waals surface area contributed by atoms with E-state index in [-0.39, 0.29) is 45.2 Å². The Morgan fingerprint density at radius 2 is 1.24 bits per heavy atom. The fraction of sp³-hybridized carbons (Fsp3) is 0.875. The molecule has 6 atom stereocenters. The van der Waals surface area contributed by atoms with Gasteiger partial charge in [-0.25, -0.2) is 0 Å². The summed E-state index contributed by atoms with van der Waals surface area (Å²) in [4.78, 5) is 21.9. The van der Waals surface area contributed by atoms with Gasteiger partial charge in [-0.05, 0) is 25.7 Å². The van der Waals surface area contributed by atoms with Gasteiger partial charge in [0.15, 0.2) is 12.6 Å². The molecule has 0 radical (unpaired) electrons. The molecule has 2 saturated heterocycles. The third kappa shape index (κ3) is 7.43. The number of carbonyl (C=O) groups is 2. The van der Waals surface area contributed by atoms with Crippen LogP contribution in [-0.2, 0) is 33.3 Å². The Morgan fingerprint density at radius 3 is 1.60 bits per heavy atom. The minimum Gasteiger partial charge on any atom is -0.463 e. The van der Waals surface area contributed by atoms with Crippen molar-refractivity contribution in [2.75, 3.05) is 13.2 Å². The van der Waals surface area contributed by atoms with E-state index in [9.17, 15) is 9.59 Å². The summed E-state index contributed by atoms with van der Waals surface area (Å²) in [6.07, 6.45) is 2.36. The van der Waals surface area contributed by atoms with Gasteiger partial charge in [0, 0.05) is 13.8 Å². The maximum absolute atomic E-state index is 11.0. The van der Waals surface area contributed by atoms with Crippen molar-refractivity contribution < 1.29 is 33.3 Å². The molecule has 0 aromatic carbocycles. The molecule has 0 amide bonds. The molecule has 7 nitrogen and oxygen atoms in total. The van der Waals surface area contributed by atoms with Gasteiger partial charge in [0.1, 0.15) is 13.2 Å². The highest BCUT2D eigenvalue weighted by Gasteiger charge is 2.37. The van der Waals surface area contributed by atoms with Crippen LogP contribution in [0.4, 0.5) is 0 Å². The predicted molar refractivity (Wildman–Crippen MR) is 106 cm³/mol. The Bertz CT molecular complexity index is 422. The number of ether oxygens (including phenoxy) is 5. The second kappa shape index (κ2) is 10.6. The van der Waals surface area contributed by atoms with E-state index in [1.165, 1.54) is 13.8 Å². The average Bonchev–Trinajstić information content (AvgIpc) is 2.56. The number of carbonyl (C=O) groups excluding carboxylic acids is 2. The first kappa shape index (κ1) is 21.6. The lowest BCUT2D eigenvalue weighted by Crippen LogP contribution is -2.47. The average molecular weight is 582 g/mol. The quantitative estimate of drug-likeness (QED) is 0.271. The highest BCUT2D eigenvalue weighted by molar-refractivity contribution is 14.1. The minimum atomic E-state index is -0.412. The van der Waals surface area contributed by atoms with Gasteiger partial charge in [-0.2, -0.15) is 0 Å². The van der Waals surface area contributed by atoms with E-state index in [2.05, 4.69) is 45.2 Å². The molecule has 0 bridgehead atoms. The first-order chi connectivity index (χ1) is 11.8. The maximum Gasteiger partial charge on any atom is 0.302 e. The van der Waals surface area contributed by atoms with Crippen molar-refractivity contribution in [1.82, 2.24) is 0 Å². The van der Waals surface area contributed by atoms with Gasteiger partial charge in [-0.15, -0.1) is 0 Å². The predicted octanol–water partition coefficient (Wildman–Crippen LogP) is 2.75. The lowest BCUT2D eigenvalue weighted by Gasteiger charge is -2.39. The molecular weight excluding hydrogens is 558 g/mol. The van der Waals surface area contributed by atoms with Crippen molar-refractivity contribution in [2.45, 2.75) is 72.2 Å². The molecule has 0 N–H and O–H groups in total. The molecule has 0 aromatic heterocycles. The molecule has 2 rings (SSSR count). The van der Waals surface area contributed by atoms with Crippen LogP contribution in [0.2, 0.25) is 0 Å². The second-order valence-electron chi connectivity index (χ2n) is 6.18. The summed E-state index contributed by atoms with van der Waals surface area (Å²) in [6, 6.07) is 0. The lowest BCUT2D eigenvalue weighted by molar-refractivity contribution is -0.288.